The lowest BCUT2D eigenvalue weighted by Crippen LogP contribution is -2.26. The second-order valence-electron chi connectivity index (χ2n) is 18.6. The highest BCUT2D eigenvalue weighted by Crippen LogP contribution is 2.64. The van der Waals surface area contributed by atoms with Crippen LogP contribution in [0.4, 0.5) is 0 Å². The van der Waals surface area contributed by atoms with Gasteiger partial charge >= 0.3 is 0 Å². The molecular weight excluding hydrogens is 781 g/mol. The molecule has 0 aliphatic heterocycles. The summed E-state index contributed by atoms with van der Waals surface area (Å²) in [5.74, 6) is 0. The Morgan fingerprint density at radius 1 is 0.200 bits per heavy atom. The molecule has 0 fully saturated rings. The monoisotopic (exact) mass is 816 g/mol. The molecule has 0 amide bonds. The van der Waals surface area contributed by atoms with Gasteiger partial charge in [-0.15, -0.1) is 0 Å². The molecule has 0 N–H and O–H groups in total. The first-order valence-corrected chi connectivity index (χ1v) is 22.9. The Morgan fingerprint density at radius 2 is 0.538 bits per heavy atom. The maximum atomic E-state index is 2.57. The smallest absolute Gasteiger partial charge is 0.0619 e. The molecule has 0 unspecified atom stereocenters. The Morgan fingerprint density at radius 3 is 0.969 bits per heavy atom. The average Bonchev–Trinajstić information content (AvgIpc) is 3.83. The summed E-state index contributed by atoms with van der Waals surface area (Å²) in [6.07, 6.45) is 0. The summed E-state index contributed by atoms with van der Waals surface area (Å²) in [4.78, 5) is 0. The standard InChI is InChI=1S/C65H36/c1-3-25-55-45(17-1)47-33-29-41(43-31-27-39-15-7-21-51-49-19-5-11-37-13-9-23-53(59(37)49)63(43)61(39)51)35-57(47)65(55)56-26-4-2-18-46(56)48-34-30-42(36-58(48)65)44-32-28-40-16-8-22-52-50-20-6-12-38-14-10-24-54(60(38)50)64(44)62(40)52/h1-36H. The highest BCUT2D eigenvalue weighted by Gasteiger charge is 2.52. The second-order valence-corrected chi connectivity index (χ2v) is 18.6. The largest absolute Gasteiger partial charge is 0.0725 e. The maximum Gasteiger partial charge on any atom is 0.0725 e. The molecule has 2 aliphatic rings. The number of fused-ring (bicyclic) bond motifs is 14. The van der Waals surface area contributed by atoms with Crippen LogP contribution in [-0.2, 0) is 5.41 Å². The summed E-state index contributed by atoms with van der Waals surface area (Å²) in [5.41, 5.74) is 15.2. The van der Waals surface area contributed by atoms with Gasteiger partial charge in [-0.05, 0) is 165 Å². The molecule has 0 nitrogen and oxygen atoms in total. The SMILES string of the molecule is c1ccc2c(c1)-c1ccc(-c3ccc4cccc5c6cccc7cccc(c3c45)c76)cc1C21c2ccccc2-c2ccc(-c3ccc4cccc5c6cccc7cccc(c3c45)c76)cc21. The Bertz CT molecular complexity index is 4120. The summed E-state index contributed by atoms with van der Waals surface area (Å²) >= 11 is 0. The van der Waals surface area contributed by atoms with Gasteiger partial charge in [0.2, 0.25) is 0 Å². The third-order valence-corrected chi connectivity index (χ3v) is 15.7. The lowest BCUT2D eigenvalue weighted by Gasteiger charge is -2.31. The predicted octanol–water partition coefficient (Wildman–Crippen LogP) is 17.5. The molecule has 14 aromatic rings. The van der Waals surface area contributed by atoms with E-state index in [1.807, 2.05) is 0 Å². The predicted molar refractivity (Wildman–Crippen MR) is 276 cm³/mol. The second kappa shape index (κ2) is 12.0. The Kier molecular flexibility index (Phi) is 6.33. The van der Waals surface area contributed by atoms with Crippen LogP contribution in [0, 0.1) is 0 Å². The normalized spacial score (nSPS) is 13.7. The van der Waals surface area contributed by atoms with Crippen molar-refractivity contribution >= 4 is 86.2 Å². The zero-order valence-corrected chi connectivity index (χ0v) is 35.3. The zero-order valence-electron chi connectivity index (χ0n) is 35.3. The molecule has 296 valence electrons. The topological polar surface area (TPSA) is 0 Å². The minimum atomic E-state index is -0.512. The van der Waals surface area contributed by atoms with E-state index in [2.05, 4.69) is 218 Å². The van der Waals surface area contributed by atoms with Gasteiger partial charge < -0.3 is 0 Å². The van der Waals surface area contributed by atoms with Crippen molar-refractivity contribution in [1.29, 1.82) is 0 Å². The van der Waals surface area contributed by atoms with Gasteiger partial charge in [0.25, 0.3) is 0 Å². The van der Waals surface area contributed by atoms with Gasteiger partial charge in [0.1, 0.15) is 0 Å². The van der Waals surface area contributed by atoms with E-state index >= 15 is 0 Å². The van der Waals surface area contributed by atoms with Crippen molar-refractivity contribution in [1.82, 2.24) is 0 Å². The molecule has 0 heterocycles. The molecule has 0 heteroatoms. The van der Waals surface area contributed by atoms with E-state index in [1.165, 1.54) is 153 Å². The summed E-state index contributed by atoms with van der Waals surface area (Å²) in [6, 6.07) is 83.6. The van der Waals surface area contributed by atoms with Crippen molar-refractivity contribution in [2.75, 3.05) is 0 Å². The molecule has 0 atom stereocenters. The number of rotatable bonds is 2. The molecule has 0 saturated heterocycles. The molecule has 0 radical (unpaired) electrons. The fourth-order valence-electron chi connectivity index (χ4n) is 13.3. The van der Waals surface area contributed by atoms with Crippen LogP contribution in [0.15, 0.2) is 218 Å². The Balaban J connectivity index is 1.00. The zero-order chi connectivity index (χ0) is 42.1. The molecule has 1 spiro atoms. The first kappa shape index (κ1) is 34.2. The summed E-state index contributed by atoms with van der Waals surface area (Å²) < 4.78 is 0. The minimum absolute atomic E-state index is 0.512. The highest BCUT2D eigenvalue weighted by molar-refractivity contribution is 6.36. The van der Waals surface area contributed by atoms with Gasteiger partial charge in [-0.1, -0.05) is 206 Å². The van der Waals surface area contributed by atoms with E-state index in [-0.39, 0.29) is 0 Å². The van der Waals surface area contributed by atoms with Crippen molar-refractivity contribution in [2.24, 2.45) is 0 Å². The van der Waals surface area contributed by atoms with E-state index in [9.17, 15) is 0 Å². The van der Waals surface area contributed by atoms with Crippen LogP contribution in [0.2, 0.25) is 0 Å². The van der Waals surface area contributed by atoms with Crippen LogP contribution < -0.4 is 0 Å². The molecule has 0 saturated carbocycles. The lowest BCUT2D eigenvalue weighted by molar-refractivity contribution is 0.794. The average molecular weight is 817 g/mol. The van der Waals surface area contributed by atoms with Crippen molar-refractivity contribution < 1.29 is 0 Å². The van der Waals surface area contributed by atoms with Crippen molar-refractivity contribution in [2.45, 2.75) is 5.41 Å². The van der Waals surface area contributed by atoms with Crippen LogP contribution in [0.3, 0.4) is 0 Å². The van der Waals surface area contributed by atoms with Crippen molar-refractivity contribution in [3.8, 4) is 44.5 Å². The summed E-state index contributed by atoms with van der Waals surface area (Å²) in [5, 5.41) is 21.1. The van der Waals surface area contributed by atoms with Crippen molar-refractivity contribution in [3.63, 3.8) is 0 Å². The van der Waals surface area contributed by atoms with E-state index in [0.29, 0.717) is 0 Å². The fourth-order valence-corrected chi connectivity index (χ4v) is 13.3. The third kappa shape index (κ3) is 4.11. The Labute approximate surface area is 374 Å². The first-order valence-electron chi connectivity index (χ1n) is 22.9. The van der Waals surface area contributed by atoms with E-state index in [1.54, 1.807) is 0 Å². The van der Waals surface area contributed by atoms with Gasteiger partial charge in [-0.3, -0.25) is 0 Å². The maximum absolute atomic E-state index is 2.57. The number of hydrogen-bond donors (Lipinski definition) is 0. The third-order valence-electron chi connectivity index (χ3n) is 15.7. The summed E-state index contributed by atoms with van der Waals surface area (Å²) in [6.45, 7) is 0. The molecule has 0 aromatic heterocycles. The fraction of sp³-hybridized carbons (Fsp3) is 0.0154. The van der Waals surface area contributed by atoms with Crippen LogP contribution in [0.5, 0.6) is 0 Å². The minimum Gasteiger partial charge on any atom is -0.0619 e. The van der Waals surface area contributed by atoms with Crippen LogP contribution >= 0.6 is 0 Å². The van der Waals surface area contributed by atoms with E-state index in [0.717, 1.165) is 0 Å². The van der Waals surface area contributed by atoms with E-state index in [4.69, 9.17) is 0 Å². The quantitative estimate of drug-likeness (QED) is 0.120. The van der Waals surface area contributed by atoms with Crippen LogP contribution in [0.25, 0.3) is 131 Å². The van der Waals surface area contributed by atoms with Crippen LogP contribution in [-0.4, -0.2) is 0 Å². The number of benzene rings is 14. The first-order chi connectivity index (χ1) is 32.3. The summed E-state index contributed by atoms with van der Waals surface area (Å²) in [7, 11) is 0. The van der Waals surface area contributed by atoms with Gasteiger partial charge in [0.15, 0.2) is 0 Å². The lowest BCUT2D eigenvalue weighted by atomic mass is 9.69. The molecule has 16 rings (SSSR count). The van der Waals surface area contributed by atoms with Gasteiger partial charge in [0, 0.05) is 0 Å². The van der Waals surface area contributed by atoms with Crippen molar-refractivity contribution in [3.05, 3.63) is 241 Å². The van der Waals surface area contributed by atoms with Gasteiger partial charge in [0.05, 0.1) is 5.41 Å². The molecule has 2 aliphatic carbocycles. The Hall–Kier alpha value is -8.32. The number of hydrogen-bond acceptors (Lipinski definition) is 0. The molecule has 0 bridgehead atoms. The molecule has 65 heavy (non-hydrogen) atoms. The highest BCUT2D eigenvalue weighted by atomic mass is 14.5. The van der Waals surface area contributed by atoms with Gasteiger partial charge in [-0.2, -0.15) is 0 Å². The van der Waals surface area contributed by atoms with E-state index < -0.39 is 5.41 Å². The van der Waals surface area contributed by atoms with Crippen LogP contribution in [0.1, 0.15) is 22.3 Å². The van der Waals surface area contributed by atoms with Gasteiger partial charge in [-0.25, -0.2) is 0 Å². The molecular formula is C65H36. The molecule has 14 aromatic carbocycles.